The van der Waals surface area contributed by atoms with E-state index in [2.05, 4.69) is 10.3 Å². The molecule has 9 heteroatoms. The zero-order chi connectivity index (χ0) is 22.2. The van der Waals surface area contributed by atoms with Crippen molar-refractivity contribution in [1.29, 1.82) is 0 Å². The Morgan fingerprint density at radius 2 is 2.00 bits per heavy atom. The summed E-state index contributed by atoms with van der Waals surface area (Å²) in [5.41, 5.74) is -0.822. The lowest BCUT2D eigenvalue weighted by molar-refractivity contribution is -0.145. The molecule has 2 unspecified atom stereocenters. The number of esters is 1. The van der Waals surface area contributed by atoms with Crippen LogP contribution in [-0.2, 0) is 19.7 Å². The smallest absolute Gasteiger partial charge is 0.344 e. The van der Waals surface area contributed by atoms with Crippen molar-refractivity contribution in [3.8, 4) is 17.2 Å². The molecular formula is C22H20ClFN2O5. The Labute approximate surface area is 183 Å². The lowest BCUT2D eigenvalue weighted by Crippen LogP contribution is -2.43. The van der Waals surface area contributed by atoms with E-state index in [1.165, 1.54) is 6.07 Å². The number of amidine groups is 1. The Morgan fingerprint density at radius 3 is 2.68 bits per heavy atom. The molecule has 0 aromatic heterocycles. The number of hydrogen-bond acceptors (Lipinski definition) is 6. The first-order chi connectivity index (χ1) is 14.8. The van der Waals surface area contributed by atoms with Gasteiger partial charge in [-0.25, -0.2) is 9.18 Å². The SMILES string of the molecule is CCOC(=O)COc1ccc(Oc2cc(C34CC3N=C(C)NC4=O)c(F)cc2Cl)cc1. The number of halogens is 2. The summed E-state index contributed by atoms with van der Waals surface area (Å²) >= 11 is 6.19. The largest absolute Gasteiger partial charge is 0.482 e. The molecule has 0 saturated heterocycles. The molecule has 2 aliphatic rings. The number of benzene rings is 2. The van der Waals surface area contributed by atoms with Crippen LogP contribution in [0.25, 0.3) is 0 Å². The second kappa shape index (κ2) is 8.19. The van der Waals surface area contributed by atoms with E-state index >= 15 is 0 Å². The van der Waals surface area contributed by atoms with Crippen LogP contribution < -0.4 is 14.8 Å². The highest BCUT2D eigenvalue weighted by molar-refractivity contribution is 6.32. The van der Waals surface area contributed by atoms with Crippen LogP contribution in [0.15, 0.2) is 41.4 Å². The highest BCUT2D eigenvalue weighted by atomic mass is 35.5. The highest BCUT2D eigenvalue weighted by Crippen LogP contribution is 2.54. The van der Waals surface area contributed by atoms with Gasteiger partial charge in [0, 0.05) is 5.56 Å². The minimum atomic E-state index is -1.03. The summed E-state index contributed by atoms with van der Waals surface area (Å²) in [4.78, 5) is 28.3. The average molecular weight is 447 g/mol. The Morgan fingerprint density at radius 1 is 1.29 bits per heavy atom. The first-order valence-corrected chi connectivity index (χ1v) is 10.1. The Hall–Kier alpha value is -3.13. The van der Waals surface area contributed by atoms with Gasteiger partial charge in [0.15, 0.2) is 6.61 Å². The molecule has 0 radical (unpaired) electrons. The van der Waals surface area contributed by atoms with Crippen LogP contribution in [0.2, 0.25) is 5.02 Å². The predicted molar refractivity (Wildman–Crippen MR) is 111 cm³/mol. The Kier molecular flexibility index (Phi) is 5.58. The zero-order valence-electron chi connectivity index (χ0n) is 16.9. The van der Waals surface area contributed by atoms with Crippen molar-refractivity contribution in [3.63, 3.8) is 0 Å². The van der Waals surface area contributed by atoms with E-state index in [1.54, 1.807) is 38.1 Å². The number of hydrogen-bond donors (Lipinski definition) is 1. The Balaban J connectivity index is 1.52. The first-order valence-electron chi connectivity index (χ1n) is 9.75. The number of nitrogens with one attached hydrogen (secondary N) is 1. The second-order valence-corrected chi connectivity index (χ2v) is 7.70. The molecule has 0 bridgehead atoms. The van der Waals surface area contributed by atoms with Gasteiger partial charge in [-0.2, -0.15) is 0 Å². The van der Waals surface area contributed by atoms with Crippen molar-refractivity contribution < 1.29 is 28.2 Å². The van der Waals surface area contributed by atoms with E-state index in [0.29, 0.717) is 23.8 Å². The van der Waals surface area contributed by atoms with Crippen molar-refractivity contribution in [2.45, 2.75) is 31.7 Å². The van der Waals surface area contributed by atoms with Crippen LogP contribution in [0.4, 0.5) is 4.39 Å². The van der Waals surface area contributed by atoms with Crippen molar-refractivity contribution in [2.75, 3.05) is 13.2 Å². The summed E-state index contributed by atoms with van der Waals surface area (Å²) in [6.07, 6.45) is 0.431. The molecule has 162 valence electrons. The summed E-state index contributed by atoms with van der Waals surface area (Å²) in [5, 5.41) is 2.76. The molecule has 1 N–H and O–H groups in total. The number of nitrogens with zero attached hydrogens (tertiary/aromatic N) is 1. The highest BCUT2D eigenvalue weighted by Gasteiger charge is 2.64. The summed E-state index contributed by atoms with van der Waals surface area (Å²) in [6.45, 7) is 3.50. The van der Waals surface area contributed by atoms with Gasteiger partial charge < -0.3 is 19.5 Å². The van der Waals surface area contributed by atoms with Crippen LogP contribution in [0.3, 0.4) is 0 Å². The van der Waals surface area contributed by atoms with E-state index in [0.717, 1.165) is 6.07 Å². The fourth-order valence-corrected chi connectivity index (χ4v) is 3.81. The van der Waals surface area contributed by atoms with Crippen LogP contribution in [0.1, 0.15) is 25.8 Å². The van der Waals surface area contributed by atoms with Crippen molar-refractivity contribution >= 4 is 29.3 Å². The number of amides is 1. The van der Waals surface area contributed by atoms with Gasteiger partial charge in [-0.3, -0.25) is 9.79 Å². The van der Waals surface area contributed by atoms with Gasteiger partial charge in [-0.15, -0.1) is 0 Å². The van der Waals surface area contributed by atoms with Gasteiger partial charge in [-0.05, 0) is 56.7 Å². The summed E-state index contributed by atoms with van der Waals surface area (Å²) < 4.78 is 30.7. The molecular weight excluding hydrogens is 427 g/mol. The zero-order valence-corrected chi connectivity index (χ0v) is 17.7. The van der Waals surface area contributed by atoms with E-state index < -0.39 is 17.2 Å². The summed E-state index contributed by atoms with van der Waals surface area (Å²) in [7, 11) is 0. The lowest BCUT2D eigenvalue weighted by Gasteiger charge is -2.22. The molecule has 2 aromatic carbocycles. The van der Waals surface area contributed by atoms with Gasteiger partial charge in [0.05, 0.1) is 17.7 Å². The molecule has 1 fully saturated rings. The quantitative estimate of drug-likeness (QED) is 0.654. The fourth-order valence-electron chi connectivity index (χ4n) is 3.62. The number of rotatable bonds is 7. The van der Waals surface area contributed by atoms with Gasteiger partial charge in [0.1, 0.15) is 34.3 Å². The molecule has 1 aliphatic carbocycles. The fraction of sp³-hybridized carbons (Fsp3) is 0.318. The van der Waals surface area contributed by atoms with Gasteiger partial charge >= 0.3 is 5.97 Å². The third-order valence-corrected chi connectivity index (χ3v) is 5.48. The Bertz CT molecular complexity index is 1070. The molecule has 31 heavy (non-hydrogen) atoms. The number of ether oxygens (including phenoxy) is 3. The monoisotopic (exact) mass is 446 g/mol. The lowest BCUT2D eigenvalue weighted by atomic mass is 9.92. The molecule has 1 heterocycles. The van der Waals surface area contributed by atoms with Crippen LogP contribution >= 0.6 is 11.6 Å². The number of fused-ring (bicyclic) bond motifs is 1. The molecule has 7 nitrogen and oxygen atoms in total. The van der Waals surface area contributed by atoms with E-state index in [-0.39, 0.29) is 41.5 Å². The maximum Gasteiger partial charge on any atom is 0.344 e. The van der Waals surface area contributed by atoms with E-state index in [4.69, 9.17) is 25.8 Å². The molecule has 1 aliphatic heterocycles. The first kappa shape index (κ1) is 21.1. The van der Waals surface area contributed by atoms with Crippen molar-refractivity contribution in [3.05, 3.63) is 52.8 Å². The topological polar surface area (TPSA) is 86.2 Å². The molecule has 4 rings (SSSR count). The van der Waals surface area contributed by atoms with Gasteiger partial charge in [0.2, 0.25) is 5.91 Å². The number of carbonyl (C=O) groups is 2. The predicted octanol–water partition coefficient (Wildman–Crippen LogP) is 3.77. The standard InChI is InChI=1S/C22H20ClFN2O5/c1-3-29-20(27)11-30-13-4-6-14(7-5-13)31-18-8-15(17(24)9-16(18)23)22-10-19(22)25-12(2)26-21(22)28/h4-9,19H,3,10-11H2,1-2H3,(H,25,26,28). The number of aliphatic imine (C=N–C) groups is 1. The average Bonchev–Trinajstić information content (AvgIpc) is 3.45. The molecule has 1 saturated carbocycles. The van der Waals surface area contributed by atoms with Crippen LogP contribution in [-0.4, -0.2) is 37.0 Å². The molecule has 1 amide bonds. The molecule has 2 atom stereocenters. The maximum atomic E-state index is 14.7. The van der Waals surface area contributed by atoms with E-state index in [1.807, 2.05) is 0 Å². The van der Waals surface area contributed by atoms with Gasteiger partial charge in [0.25, 0.3) is 0 Å². The molecule has 2 aromatic rings. The number of carbonyl (C=O) groups excluding carboxylic acids is 2. The second-order valence-electron chi connectivity index (χ2n) is 7.29. The third kappa shape index (κ3) is 4.07. The minimum absolute atomic E-state index is 0.0772. The van der Waals surface area contributed by atoms with Crippen molar-refractivity contribution in [1.82, 2.24) is 5.32 Å². The minimum Gasteiger partial charge on any atom is -0.482 e. The van der Waals surface area contributed by atoms with Crippen LogP contribution in [0, 0.1) is 5.82 Å². The molecule has 0 spiro atoms. The third-order valence-electron chi connectivity index (χ3n) is 5.19. The maximum absolute atomic E-state index is 14.7. The van der Waals surface area contributed by atoms with Crippen LogP contribution in [0.5, 0.6) is 17.2 Å². The van der Waals surface area contributed by atoms with E-state index in [9.17, 15) is 14.0 Å². The normalized spacial score (nSPS) is 21.5. The van der Waals surface area contributed by atoms with Crippen molar-refractivity contribution in [2.24, 2.45) is 4.99 Å². The summed E-state index contributed by atoms with van der Waals surface area (Å²) in [5.74, 6) is 0.315. The summed E-state index contributed by atoms with van der Waals surface area (Å²) in [6, 6.07) is 8.80. The van der Waals surface area contributed by atoms with Gasteiger partial charge in [-0.1, -0.05) is 11.6 Å².